The van der Waals surface area contributed by atoms with Gasteiger partial charge in [-0.3, -0.25) is 4.79 Å². The number of carbonyl (C=O) groups excluding carboxylic acids is 1. The van der Waals surface area contributed by atoms with Crippen LogP contribution < -0.4 is 24.0 Å². The predicted octanol–water partition coefficient (Wildman–Crippen LogP) is -0.340. The van der Waals surface area contributed by atoms with Crippen LogP contribution in [-0.4, -0.2) is 55.1 Å². The molecule has 1 aliphatic rings. The molecule has 0 N–H and O–H groups in total. The molecular weight excluding hydrogens is 351 g/mol. The molecule has 0 bridgehead atoms. The molecule has 1 amide bonds. The fraction of sp³-hybridized carbons (Fsp3) is 0.933. The highest BCUT2D eigenvalue weighted by Gasteiger charge is 2.28. The van der Waals surface area contributed by atoms with Gasteiger partial charge in [0.05, 0.1) is 39.8 Å². The molecule has 0 aromatic heterocycles. The Morgan fingerprint density at radius 2 is 1.63 bits per heavy atom. The van der Waals surface area contributed by atoms with Crippen LogP contribution in [0.25, 0.3) is 0 Å². The van der Waals surface area contributed by atoms with Gasteiger partial charge in [0.25, 0.3) is 0 Å². The number of carbonyl (C=O) groups is 1. The number of rotatable bonds is 7. The molecule has 0 aromatic carbocycles. The lowest BCUT2D eigenvalue weighted by Crippen LogP contribution is -3.00. The third-order valence-electron chi connectivity index (χ3n) is 4.43. The van der Waals surface area contributed by atoms with Gasteiger partial charge in [-0.25, -0.2) is 0 Å². The maximum atomic E-state index is 12.0. The number of nitrogens with zero attached hydrogens (tertiary/aromatic N) is 2. The van der Waals surface area contributed by atoms with Crippen molar-refractivity contribution in [2.75, 3.05) is 39.8 Å². The second-order valence-corrected chi connectivity index (χ2v) is 5.93. The van der Waals surface area contributed by atoms with Crippen molar-refractivity contribution >= 4 is 5.91 Å². The van der Waals surface area contributed by atoms with Crippen molar-refractivity contribution in [3.63, 3.8) is 0 Å². The standard InChI is InChI=1S/C15H31N2O.HI/c1-4-6-7-8-9-10-15(18)16-11-13-17(3,5-2)14-12-16;/h4-14H2,1-3H3;1H/q+1;/p-1. The number of unbranched alkanes of at least 4 members (excludes halogenated alkanes) is 4. The molecule has 0 aromatic rings. The Balaban J connectivity index is 0.00000324. The molecule has 19 heavy (non-hydrogen) atoms. The van der Waals surface area contributed by atoms with Crippen molar-refractivity contribution in [3.8, 4) is 0 Å². The van der Waals surface area contributed by atoms with Crippen LogP contribution in [0.15, 0.2) is 0 Å². The molecule has 1 heterocycles. The Labute approximate surface area is 136 Å². The van der Waals surface area contributed by atoms with Crippen LogP contribution in [0.4, 0.5) is 0 Å². The van der Waals surface area contributed by atoms with Gasteiger partial charge in [-0.1, -0.05) is 32.6 Å². The van der Waals surface area contributed by atoms with Crippen LogP contribution in [0.5, 0.6) is 0 Å². The molecule has 1 rings (SSSR count). The average Bonchev–Trinajstić information content (AvgIpc) is 2.39. The number of likely N-dealkylation sites (N-methyl/N-ethyl adjacent to an activating group) is 1. The minimum absolute atomic E-state index is 0. The number of hydrogen-bond acceptors (Lipinski definition) is 1. The summed E-state index contributed by atoms with van der Waals surface area (Å²) in [6.45, 7) is 9.80. The zero-order valence-electron chi connectivity index (χ0n) is 13.0. The van der Waals surface area contributed by atoms with Gasteiger partial charge < -0.3 is 33.4 Å². The van der Waals surface area contributed by atoms with E-state index < -0.39 is 0 Å². The monoisotopic (exact) mass is 382 g/mol. The summed E-state index contributed by atoms with van der Waals surface area (Å²) in [5.41, 5.74) is 0. The Hall–Kier alpha value is 0.160. The van der Waals surface area contributed by atoms with Crippen molar-refractivity contribution in [1.82, 2.24) is 4.90 Å². The minimum atomic E-state index is 0. The molecule has 114 valence electrons. The van der Waals surface area contributed by atoms with E-state index in [1.165, 1.54) is 32.2 Å². The predicted molar refractivity (Wildman–Crippen MR) is 76.4 cm³/mol. The smallest absolute Gasteiger partial charge is 0.222 e. The highest BCUT2D eigenvalue weighted by molar-refractivity contribution is 5.76. The van der Waals surface area contributed by atoms with Gasteiger partial charge in [0.1, 0.15) is 0 Å². The van der Waals surface area contributed by atoms with E-state index in [1.54, 1.807) is 0 Å². The molecule has 0 radical (unpaired) electrons. The Bertz CT molecular complexity index is 251. The van der Waals surface area contributed by atoms with Crippen LogP contribution in [0, 0.1) is 0 Å². The number of amides is 1. The SMILES string of the molecule is CCCCCCCC(=O)N1CC[N+](C)(CC)CC1.[I-]. The molecule has 4 heteroatoms. The highest BCUT2D eigenvalue weighted by Crippen LogP contribution is 2.12. The summed E-state index contributed by atoms with van der Waals surface area (Å²) in [5.74, 6) is 0.383. The lowest BCUT2D eigenvalue weighted by Gasteiger charge is -2.41. The van der Waals surface area contributed by atoms with E-state index in [0.717, 1.165) is 43.5 Å². The topological polar surface area (TPSA) is 20.3 Å². The van der Waals surface area contributed by atoms with Crippen LogP contribution in [0.2, 0.25) is 0 Å². The Kier molecular flexibility index (Phi) is 10.1. The quantitative estimate of drug-likeness (QED) is 0.335. The van der Waals surface area contributed by atoms with Crippen LogP contribution in [0.1, 0.15) is 52.4 Å². The lowest BCUT2D eigenvalue weighted by molar-refractivity contribution is -0.911. The molecule has 1 saturated heterocycles. The summed E-state index contributed by atoms with van der Waals surface area (Å²) in [6.07, 6.45) is 6.93. The maximum absolute atomic E-state index is 12.0. The van der Waals surface area contributed by atoms with E-state index in [0.29, 0.717) is 5.91 Å². The molecular formula is C15H31IN2O. The van der Waals surface area contributed by atoms with Crippen molar-refractivity contribution in [2.24, 2.45) is 0 Å². The van der Waals surface area contributed by atoms with Gasteiger partial charge in [-0.15, -0.1) is 0 Å². The first-order valence-corrected chi connectivity index (χ1v) is 7.72. The highest BCUT2D eigenvalue weighted by atomic mass is 127. The third kappa shape index (κ3) is 6.93. The second-order valence-electron chi connectivity index (χ2n) is 5.93. The normalized spacial score (nSPS) is 17.9. The van der Waals surface area contributed by atoms with Gasteiger partial charge in [0.15, 0.2) is 0 Å². The summed E-state index contributed by atoms with van der Waals surface area (Å²) in [7, 11) is 2.30. The summed E-state index contributed by atoms with van der Waals surface area (Å²) < 4.78 is 1.13. The van der Waals surface area contributed by atoms with Gasteiger partial charge in [-0.05, 0) is 13.3 Å². The average molecular weight is 382 g/mol. The van der Waals surface area contributed by atoms with Crippen molar-refractivity contribution in [1.29, 1.82) is 0 Å². The minimum Gasteiger partial charge on any atom is -1.00 e. The third-order valence-corrected chi connectivity index (χ3v) is 4.43. The molecule has 1 aliphatic heterocycles. The van der Waals surface area contributed by atoms with Gasteiger partial charge in [-0.2, -0.15) is 0 Å². The molecule has 0 aliphatic carbocycles. The van der Waals surface area contributed by atoms with E-state index >= 15 is 0 Å². The van der Waals surface area contributed by atoms with Crippen molar-refractivity contribution in [2.45, 2.75) is 52.4 Å². The zero-order chi connectivity index (χ0) is 13.4. The molecule has 0 unspecified atom stereocenters. The van der Waals surface area contributed by atoms with E-state index in [2.05, 4.69) is 25.8 Å². The van der Waals surface area contributed by atoms with E-state index in [4.69, 9.17) is 0 Å². The number of quaternary nitrogens is 1. The van der Waals surface area contributed by atoms with Gasteiger partial charge in [0.2, 0.25) is 5.91 Å². The fourth-order valence-electron chi connectivity index (χ4n) is 2.55. The van der Waals surface area contributed by atoms with Gasteiger partial charge >= 0.3 is 0 Å². The Morgan fingerprint density at radius 1 is 1.05 bits per heavy atom. The van der Waals surface area contributed by atoms with E-state index in [9.17, 15) is 4.79 Å². The Morgan fingerprint density at radius 3 is 2.16 bits per heavy atom. The van der Waals surface area contributed by atoms with Crippen LogP contribution >= 0.6 is 0 Å². The largest absolute Gasteiger partial charge is 1.00 e. The first-order valence-electron chi connectivity index (χ1n) is 7.72. The van der Waals surface area contributed by atoms with Crippen LogP contribution in [-0.2, 0) is 4.79 Å². The molecule has 0 atom stereocenters. The summed E-state index contributed by atoms with van der Waals surface area (Å²) >= 11 is 0. The van der Waals surface area contributed by atoms with Gasteiger partial charge in [0, 0.05) is 6.42 Å². The lowest BCUT2D eigenvalue weighted by atomic mass is 10.1. The molecule has 0 saturated carbocycles. The molecule has 0 spiro atoms. The van der Waals surface area contributed by atoms with E-state index in [1.807, 2.05) is 0 Å². The first-order chi connectivity index (χ1) is 8.61. The second kappa shape index (κ2) is 9.97. The fourth-order valence-corrected chi connectivity index (χ4v) is 2.55. The molecule has 3 nitrogen and oxygen atoms in total. The zero-order valence-corrected chi connectivity index (χ0v) is 15.1. The van der Waals surface area contributed by atoms with Crippen molar-refractivity contribution < 1.29 is 33.3 Å². The number of hydrogen-bond donors (Lipinski definition) is 0. The summed E-state index contributed by atoms with van der Waals surface area (Å²) in [4.78, 5) is 14.1. The maximum Gasteiger partial charge on any atom is 0.222 e. The number of halogens is 1. The van der Waals surface area contributed by atoms with Crippen LogP contribution in [0.3, 0.4) is 0 Å². The molecule has 1 fully saturated rings. The first kappa shape index (κ1) is 19.2. The summed E-state index contributed by atoms with van der Waals surface area (Å²) in [6, 6.07) is 0. The number of piperazine rings is 1. The van der Waals surface area contributed by atoms with Crippen molar-refractivity contribution in [3.05, 3.63) is 0 Å². The van der Waals surface area contributed by atoms with E-state index in [-0.39, 0.29) is 24.0 Å². The summed E-state index contributed by atoms with van der Waals surface area (Å²) in [5, 5.41) is 0.